The molecule has 0 aromatic heterocycles. The summed E-state index contributed by atoms with van der Waals surface area (Å²) in [6, 6.07) is 9.98. The van der Waals surface area contributed by atoms with Crippen molar-refractivity contribution in [3.05, 3.63) is 53.1 Å². The number of rotatable bonds is 5. The zero-order valence-electron chi connectivity index (χ0n) is 15.7. The van der Waals surface area contributed by atoms with Gasteiger partial charge in [-0.2, -0.15) is 0 Å². The maximum atomic E-state index is 12.1. The van der Waals surface area contributed by atoms with Gasteiger partial charge in [0.1, 0.15) is 5.75 Å². The van der Waals surface area contributed by atoms with E-state index in [-0.39, 0.29) is 0 Å². The van der Waals surface area contributed by atoms with E-state index in [1.807, 2.05) is 32.9 Å². The minimum Gasteiger partial charge on any atom is -0.478 e. The number of aryl methyl sites for hydroxylation is 3. The number of carboxylic acids is 1. The number of hydrogen-bond donors (Lipinski definition) is 2. The lowest BCUT2D eigenvalue weighted by Crippen LogP contribution is -2.37. The third-order valence-electron chi connectivity index (χ3n) is 4.06. The molecular weight excluding hydrogens is 332 g/mol. The summed E-state index contributed by atoms with van der Waals surface area (Å²) in [7, 11) is 0. The van der Waals surface area contributed by atoms with Crippen LogP contribution in [0.4, 0.5) is 16.2 Å². The second-order valence-corrected chi connectivity index (χ2v) is 6.83. The van der Waals surface area contributed by atoms with E-state index in [4.69, 9.17) is 15.6 Å². The minimum atomic E-state index is -1.35. The summed E-state index contributed by atoms with van der Waals surface area (Å²) < 4.78 is 5.49. The molecule has 3 N–H and O–H groups in total. The van der Waals surface area contributed by atoms with E-state index in [0.717, 1.165) is 22.4 Å². The summed E-state index contributed by atoms with van der Waals surface area (Å²) in [6.45, 7) is 8.79. The van der Waals surface area contributed by atoms with Gasteiger partial charge >= 0.3 is 12.0 Å². The van der Waals surface area contributed by atoms with Crippen LogP contribution in [0.5, 0.6) is 5.75 Å². The molecule has 0 fully saturated rings. The molecule has 26 heavy (non-hydrogen) atoms. The van der Waals surface area contributed by atoms with Gasteiger partial charge in [0.05, 0.1) is 11.4 Å². The Labute approximate surface area is 153 Å². The van der Waals surface area contributed by atoms with Crippen LogP contribution in [0.1, 0.15) is 30.5 Å². The summed E-state index contributed by atoms with van der Waals surface area (Å²) in [5, 5.41) is 9.16. The zero-order valence-corrected chi connectivity index (χ0v) is 15.7. The van der Waals surface area contributed by atoms with Gasteiger partial charge in [0.15, 0.2) is 5.60 Å². The number of urea groups is 1. The maximum Gasteiger partial charge on any atom is 0.347 e. The summed E-state index contributed by atoms with van der Waals surface area (Å²) in [5.74, 6) is -0.672. The molecule has 6 heteroatoms. The molecule has 6 nitrogen and oxygen atoms in total. The third kappa shape index (κ3) is 3.96. The fourth-order valence-corrected chi connectivity index (χ4v) is 2.89. The number of carbonyl (C=O) groups excluding carboxylic acids is 1. The van der Waals surface area contributed by atoms with Crippen molar-refractivity contribution in [1.29, 1.82) is 0 Å². The van der Waals surface area contributed by atoms with Gasteiger partial charge in [-0.25, -0.2) is 9.59 Å². The molecule has 0 aliphatic rings. The van der Waals surface area contributed by atoms with Gasteiger partial charge in [-0.05, 0) is 70.0 Å². The monoisotopic (exact) mass is 356 g/mol. The lowest BCUT2D eigenvalue weighted by molar-refractivity contribution is -0.152. The minimum absolute atomic E-state index is 0.392. The summed E-state index contributed by atoms with van der Waals surface area (Å²) >= 11 is 0. The Bertz CT molecular complexity index is 818. The second kappa shape index (κ2) is 7.07. The number of benzene rings is 2. The van der Waals surface area contributed by atoms with Crippen molar-refractivity contribution < 1.29 is 19.4 Å². The maximum absolute atomic E-state index is 12.1. The van der Waals surface area contributed by atoms with Gasteiger partial charge in [-0.1, -0.05) is 17.7 Å². The highest BCUT2D eigenvalue weighted by Gasteiger charge is 2.29. The lowest BCUT2D eigenvalue weighted by Gasteiger charge is -2.26. The fourth-order valence-electron chi connectivity index (χ4n) is 2.89. The first kappa shape index (κ1) is 19.3. The van der Waals surface area contributed by atoms with E-state index in [0.29, 0.717) is 11.4 Å². The van der Waals surface area contributed by atoms with Crippen molar-refractivity contribution in [2.75, 3.05) is 4.90 Å². The number of nitrogens with two attached hydrogens (primary N) is 1. The van der Waals surface area contributed by atoms with Crippen LogP contribution in [0.25, 0.3) is 0 Å². The first-order valence-electron chi connectivity index (χ1n) is 8.23. The van der Waals surface area contributed by atoms with Crippen molar-refractivity contribution in [3.63, 3.8) is 0 Å². The van der Waals surface area contributed by atoms with Gasteiger partial charge in [0, 0.05) is 0 Å². The van der Waals surface area contributed by atoms with Crippen molar-refractivity contribution in [1.82, 2.24) is 0 Å². The molecule has 2 amide bonds. The van der Waals surface area contributed by atoms with Crippen LogP contribution in [0.3, 0.4) is 0 Å². The molecular formula is C20H24N2O4. The lowest BCUT2D eigenvalue weighted by atomic mass is 10.0. The molecule has 0 atom stereocenters. The van der Waals surface area contributed by atoms with Crippen LogP contribution < -0.4 is 15.4 Å². The van der Waals surface area contributed by atoms with E-state index in [9.17, 15) is 9.59 Å². The highest BCUT2D eigenvalue weighted by Crippen LogP contribution is 2.33. The largest absolute Gasteiger partial charge is 0.478 e. The number of amides is 2. The molecule has 0 aliphatic carbocycles. The molecule has 2 aromatic rings. The number of hydrogen-bond acceptors (Lipinski definition) is 3. The fraction of sp³-hybridized carbons (Fsp3) is 0.300. The van der Waals surface area contributed by atoms with Crippen molar-refractivity contribution in [2.45, 2.75) is 40.2 Å². The standard InChI is InChI=1S/C20H24N2O4/c1-12-10-13(2)17(14(3)11-12)22(19(21)25)15-6-8-16(9-7-15)26-20(4,5)18(23)24/h6-11H,1-5H3,(H2,21,25)(H,23,24). The highest BCUT2D eigenvalue weighted by atomic mass is 16.5. The van der Waals surface area contributed by atoms with Crippen LogP contribution in [0.2, 0.25) is 0 Å². The Morgan fingerprint density at radius 1 is 1.04 bits per heavy atom. The van der Waals surface area contributed by atoms with Crippen LogP contribution in [-0.4, -0.2) is 22.7 Å². The summed E-state index contributed by atoms with van der Waals surface area (Å²) in [4.78, 5) is 24.8. The van der Waals surface area contributed by atoms with Crippen molar-refractivity contribution in [3.8, 4) is 5.75 Å². The Morgan fingerprint density at radius 2 is 1.54 bits per heavy atom. The number of aliphatic carboxylic acids is 1. The average Bonchev–Trinajstić information content (AvgIpc) is 2.51. The molecule has 0 saturated heterocycles. The number of anilines is 2. The van der Waals surface area contributed by atoms with E-state index < -0.39 is 17.6 Å². The molecule has 0 spiro atoms. The van der Waals surface area contributed by atoms with Crippen LogP contribution in [-0.2, 0) is 4.79 Å². The summed E-state index contributed by atoms with van der Waals surface area (Å²) in [5.41, 5.74) is 8.58. The third-order valence-corrected chi connectivity index (χ3v) is 4.06. The van der Waals surface area contributed by atoms with Gasteiger partial charge in [-0.3, -0.25) is 4.90 Å². The molecule has 0 aliphatic heterocycles. The van der Waals surface area contributed by atoms with Crippen molar-refractivity contribution in [2.24, 2.45) is 5.73 Å². The molecule has 0 saturated carbocycles. The number of nitrogens with zero attached hydrogens (tertiary/aromatic N) is 1. The molecule has 0 unspecified atom stereocenters. The van der Waals surface area contributed by atoms with Crippen molar-refractivity contribution >= 4 is 23.4 Å². The van der Waals surface area contributed by atoms with E-state index in [1.165, 1.54) is 18.7 Å². The quantitative estimate of drug-likeness (QED) is 0.844. The topological polar surface area (TPSA) is 92.9 Å². The zero-order chi connectivity index (χ0) is 19.6. The molecule has 0 heterocycles. The van der Waals surface area contributed by atoms with Gasteiger partial charge < -0.3 is 15.6 Å². The molecule has 0 radical (unpaired) electrons. The Hall–Kier alpha value is -3.02. The average molecular weight is 356 g/mol. The second-order valence-electron chi connectivity index (χ2n) is 6.83. The Kier molecular flexibility index (Phi) is 5.25. The summed E-state index contributed by atoms with van der Waals surface area (Å²) in [6.07, 6.45) is 0. The number of ether oxygens (including phenoxy) is 1. The number of primary amides is 1. The van der Waals surface area contributed by atoms with Gasteiger partial charge in [0.25, 0.3) is 0 Å². The Morgan fingerprint density at radius 3 is 1.96 bits per heavy atom. The molecule has 2 rings (SSSR count). The van der Waals surface area contributed by atoms with Crippen LogP contribution >= 0.6 is 0 Å². The van der Waals surface area contributed by atoms with E-state index >= 15 is 0 Å². The normalized spacial score (nSPS) is 11.1. The highest BCUT2D eigenvalue weighted by molar-refractivity contribution is 6.00. The van der Waals surface area contributed by atoms with E-state index in [2.05, 4.69) is 0 Å². The number of carbonyl (C=O) groups is 2. The number of carboxylic acid groups (broad SMARTS) is 1. The molecule has 138 valence electrons. The smallest absolute Gasteiger partial charge is 0.347 e. The predicted octanol–water partition coefficient (Wildman–Crippen LogP) is 4.07. The SMILES string of the molecule is Cc1cc(C)c(N(C(N)=O)c2ccc(OC(C)(C)C(=O)O)cc2)c(C)c1. The first-order chi connectivity index (χ1) is 12.0. The predicted molar refractivity (Wildman–Crippen MR) is 101 cm³/mol. The molecule has 2 aromatic carbocycles. The molecule has 0 bridgehead atoms. The Balaban J connectivity index is 2.41. The van der Waals surface area contributed by atoms with Gasteiger partial charge in [0.2, 0.25) is 0 Å². The first-order valence-corrected chi connectivity index (χ1v) is 8.23. The van der Waals surface area contributed by atoms with Gasteiger partial charge in [-0.15, -0.1) is 0 Å². The van der Waals surface area contributed by atoms with Crippen LogP contribution in [0.15, 0.2) is 36.4 Å². The van der Waals surface area contributed by atoms with Crippen LogP contribution in [0, 0.1) is 20.8 Å². The van der Waals surface area contributed by atoms with E-state index in [1.54, 1.807) is 24.3 Å².